The van der Waals surface area contributed by atoms with Gasteiger partial charge in [-0.05, 0) is 29.7 Å². The third-order valence-electron chi connectivity index (χ3n) is 5.51. The number of rotatable bonds is 3. The van der Waals surface area contributed by atoms with Gasteiger partial charge in [0.2, 0.25) is 0 Å². The number of aromatic nitrogens is 7. The van der Waals surface area contributed by atoms with E-state index in [1.807, 2.05) is 31.6 Å². The van der Waals surface area contributed by atoms with Gasteiger partial charge in [0.05, 0.1) is 35.1 Å². The lowest BCUT2D eigenvalue weighted by atomic mass is 9.97. The summed E-state index contributed by atoms with van der Waals surface area (Å²) in [6.07, 6.45) is 7.75. The van der Waals surface area contributed by atoms with Crippen molar-refractivity contribution in [2.75, 3.05) is 0 Å². The van der Waals surface area contributed by atoms with Crippen LogP contribution in [0.2, 0.25) is 0 Å². The van der Waals surface area contributed by atoms with Crippen LogP contribution in [0.5, 0.6) is 0 Å². The van der Waals surface area contributed by atoms with Crippen LogP contribution >= 0.6 is 0 Å². The normalized spacial score (nSPS) is 11.8. The topological polar surface area (TPSA) is 75.5 Å². The minimum absolute atomic E-state index is 0.114. The fraction of sp³-hybridized carbons (Fsp3) is 0.238. The van der Waals surface area contributed by atoms with E-state index in [1.54, 1.807) is 25.0 Å². The van der Waals surface area contributed by atoms with Gasteiger partial charge < -0.3 is 0 Å². The summed E-state index contributed by atoms with van der Waals surface area (Å²) in [5.41, 5.74) is 4.85. The molecule has 0 spiro atoms. The Bertz CT molecular complexity index is 1500. The molecule has 8 nitrogen and oxygen atoms in total. The molecule has 0 aliphatic heterocycles. The molecule has 0 aliphatic carbocycles. The smallest absolute Gasteiger partial charge is 0.293 e. The van der Waals surface area contributed by atoms with Gasteiger partial charge in [0, 0.05) is 38.3 Å². The zero-order valence-electron chi connectivity index (χ0n) is 17.1. The van der Waals surface area contributed by atoms with Crippen LogP contribution in [0, 0.1) is 5.95 Å². The molecule has 152 valence electrons. The number of pyridine rings is 1. The maximum Gasteiger partial charge on any atom is 0.333 e. The van der Waals surface area contributed by atoms with Crippen molar-refractivity contribution in [3.05, 3.63) is 58.9 Å². The highest BCUT2D eigenvalue weighted by Gasteiger charge is 2.21. The van der Waals surface area contributed by atoms with Crippen LogP contribution in [0.25, 0.3) is 38.8 Å². The van der Waals surface area contributed by atoms with Gasteiger partial charge in [-0.15, -0.1) is 5.10 Å². The van der Waals surface area contributed by atoms with Crippen LogP contribution in [0.15, 0.2) is 41.7 Å². The van der Waals surface area contributed by atoms with E-state index >= 15 is 0 Å². The Morgan fingerprint density at radius 3 is 2.50 bits per heavy atom. The minimum Gasteiger partial charge on any atom is -0.293 e. The van der Waals surface area contributed by atoms with E-state index < -0.39 is 5.95 Å². The molecule has 0 aliphatic rings. The lowest BCUT2D eigenvalue weighted by molar-refractivity contribution is 0.548. The number of hydrogen-bond donors (Lipinski definition) is 0. The van der Waals surface area contributed by atoms with Crippen LogP contribution in [-0.2, 0) is 27.6 Å². The third-order valence-corrected chi connectivity index (χ3v) is 5.51. The highest BCUT2D eigenvalue weighted by atomic mass is 19.1. The van der Waals surface area contributed by atoms with Gasteiger partial charge in [0.15, 0.2) is 0 Å². The molecule has 0 amide bonds. The van der Waals surface area contributed by atoms with Crippen LogP contribution in [0.1, 0.15) is 12.5 Å². The Labute approximate surface area is 170 Å². The predicted octanol–water partition coefficient (Wildman–Crippen LogP) is 2.71. The maximum atomic E-state index is 14.6. The highest BCUT2D eigenvalue weighted by Crippen LogP contribution is 2.32. The summed E-state index contributed by atoms with van der Waals surface area (Å²) in [6.45, 7) is 2.09. The van der Waals surface area contributed by atoms with E-state index in [0.717, 1.165) is 34.0 Å². The van der Waals surface area contributed by atoms with Gasteiger partial charge in [-0.3, -0.25) is 23.5 Å². The Morgan fingerprint density at radius 2 is 1.87 bits per heavy atom. The Morgan fingerprint density at radius 1 is 1.07 bits per heavy atom. The lowest BCUT2D eigenvalue weighted by Gasteiger charge is -2.10. The van der Waals surface area contributed by atoms with Crippen molar-refractivity contribution in [1.29, 1.82) is 0 Å². The number of aryl methyl sites for hydroxylation is 4. The Balaban J connectivity index is 1.94. The minimum atomic E-state index is -0.699. The molecule has 0 N–H and O–H groups in total. The van der Waals surface area contributed by atoms with Crippen LogP contribution in [-0.4, -0.2) is 33.7 Å². The monoisotopic (exact) mass is 405 g/mol. The van der Waals surface area contributed by atoms with E-state index in [0.29, 0.717) is 11.0 Å². The average molecular weight is 405 g/mol. The van der Waals surface area contributed by atoms with E-state index in [4.69, 9.17) is 0 Å². The van der Waals surface area contributed by atoms with Crippen molar-refractivity contribution < 1.29 is 4.39 Å². The molecule has 5 rings (SSSR count). The fourth-order valence-corrected chi connectivity index (χ4v) is 4.03. The number of benzene rings is 1. The summed E-state index contributed by atoms with van der Waals surface area (Å²) in [5, 5.41) is 8.83. The first-order valence-corrected chi connectivity index (χ1v) is 9.60. The second kappa shape index (κ2) is 6.38. The van der Waals surface area contributed by atoms with Crippen LogP contribution < -0.4 is 5.69 Å². The van der Waals surface area contributed by atoms with Gasteiger partial charge in [0.25, 0.3) is 5.95 Å². The van der Waals surface area contributed by atoms with Crippen LogP contribution in [0.4, 0.5) is 4.39 Å². The maximum absolute atomic E-state index is 14.6. The number of halogens is 1. The first-order valence-electron chi connectivity index (χ1n) is 9.60. The quantitative estimate of drug-likeness (QED) is 0.463. The van der Waals surface area contributed by atoms with E-state index in [9.17, 15) is 9.18 Å². The molecule has 4 heterocycles. The summed E-state index contributed by atoms with van der Waals surface area (Å²) in [5.74, 6) is -0.699. The van der Waals surface area contributed by atoms with Gasteiger partial charge in [-0.2, -0.15) is 9.49 Å². The zero-order chi connectivity index (χ0) is 21.2. The molecule has 0 bridgehead atoms. The fourth-order valence-electron chi connectivity index (χ4n) is 4.03. The van der Waals surface area contributed by atoms with Gasteiger partial charge in [-0.25, -0.2) is 4.79 Å². The lowest BCUT2D eigenvalue weighted by Crippen LogP contribution is -2.21. The molecular weight excluding hydrogens is 385 g/mol. The Hall–Kier alpha value is -3.75. The number of nitrogens with zero attached hydrogens (tertiary/aromatic N) is 7. The van der Waals surface area contributed by atoms with Gasteiger partial charge in [0.1, 0.15) is 5.69 Å². The van der Waals surface area contributed by atoms with Crippen molar-refractivity contribution in [2.45, 2.75) is 13.3 Å². The molecule has 0 fully saturated rings. The number of hydrogen-bond acceptors (Lipinski definition) is 4. The second-order valence-corrected chi connectivity index (χ2v) is 7.43. The molecule has 0 saturated heterocycles. The van der Waals surface area contributed by atoms with Crippen molar-refractivity contribution in [3.63, 3.8) is 0 Å². The van der Waals surface area contributed by atoms with E-state index in [1.165, 1.54) is 20.0 Å². The highest BCUT2D eigenvalue weighted by molar-refractivity contribution is 6.05. The molecule has 0 saturated carbocycles. The SMILES string of the molecule is CCc1cc2ncc3c(c2cc1-c1cnn(C)c1)n(-c1cn(C)nc1F)c(=O)n3C. The third kappa shape index (κ3) is 2.51. The van der Waals surface area contributed by atoms with E-state index in [-0.39, 0.29) is 11.4 Å². The number of imidazole rings is 1. The second-order valence-electron chi connectivity index (χ2n) is 7.43. The molecule has 30 heavy (non-hydrogen) atoms. The molecule has 4 aromatic heterocycles. The molecular formula is C21H20FN7O. The first-order chi connectivity index (χ1) is 14.4. The van der Waals surface area contributed by atoms with Crippen molar-refractivity contribution in [3.8, 4) is 16.8 Å². The van der Waals surface area contributed by atoms with Crippen molar-refractivity contribution >= 4 is 21.9 Å². The van der Waals surface area contributed by atoms with Crippen molar-refractivity contribution in [1.82, 2.24) is 33.7 Å². The van der Waals surface area contributed by atoms with E-state index in [2.05, 4.69) is 22.1 Å². The summed E-state index contributed by atoms with van der Waals surface area (Å²) >= 11 is 0. The molecule has 0 unspecified atom stereocenters. The summed E-state index contributed by atoms with van der Waals surface area (Å²) in [4.78, 5) is 17.6. The summed E-state index contributed by atoms with van der Waals surface area (Å²) in [7, 11) is 5.15. The molecule has 1 aromatic carbocycles. The van der Waals surface area contributed by atoms with Crippen LogP contribution in [0.3, 0.4) is 0 Å². The summed E-state index contributed by atoms with van der Waals surface area (Å²) < 4.78 is 20.5. The van der Waals surface area contributed by atoms with Crippen molar-refractivity contribution in [2.24, 2.45) is 21.1 Å². The Kier molecular flexibility index (Phi) is 3.89. The predicted molar refractivity (Wildman–Crippen MR) is 112 cm³/mol. The summed E-state index contributed by atoms with van der Waals surface area (Å²) in [6, 6.07) is 4.04. The first kappa shape index (κ1) is 18.3. The average Bonchev–Trinajstić information content (AvgIpc) is 3.37. The molecule has 5 aromatic rings. The zero-order valence-corrected chi connectivity index (χ0v) is 17.1. The molecule has 9 heteroatoms. The van der Waals surface area contributed by atoms with Gasteiger partial charge >= 0.3 is 5.69 Å². The van der Waals surface area contributed by atoms with Gasteiger partial charge in [-0.1, -0.05) is 6.92 Å². The largest absolute Gasteiger partial charge is 0.333 e. The standard InChI is InChI=1S/C21H20FN7O/c1-5-12-6-16-15(7-14(12)13-8-24-26(2)10-13)19-17(9-23-16)28(4)21(30)29(19)18-11-27(3)25-20(18)22/h6-11H,5H2,1-4H3. The molecule has 0 atom stereocenters. The number of fused-ring (bicyclic) bond motifs is 3. The molecule has 0 radical (unpaired) electrons.